The second kappa shape index (κ2) is 6.65. The zero-order chi connectivity index (χ0) is 15.4. The monoisotopic (exact) mass is 292 g/mol. The molecule has 0 aromatic carbocycles. The standard InChI is InChI=1S/C12H17FO7/c1-5-9(18-6(2)14)10(19-7(3)15)11(12(13)17-5)20-8(4)16/h5,9-12H,1-4H3/t5-,9+,10+,11-,12+/m0/s1. The van der Waals surface area contributed by atoms with Gasteiger partial charge in [0.25, 0.3) is 0 Å². The molecule has 0 aromatic heterocycles. The van der Waals surface area contributed by atoms with Gasteiger partial charge in [0.1, 0.15) is 0 Å². The molecule has 0 N–H and O–H groups in total. The average Bonchev–Trinajstić information content (AvgIpc) is 2.27. The summed E-state index contributed by atoms with van der Waals surface area (Å²) in [6, 6.07) is 0. The first-order valence-corrected chi connectivity index (χ1v) is 6.03. The SMILES string of the molecule is CC(=O)O[C@@H]1[C@H](OC(C)=O)[C@H](C)O[C@@H](F)[C@H]1OC(C)=O. The predicted molar refractivity (Wildman–Crippen MR) is 62.1 cm³/mol. The van der Waals surface area contributed by atoms with Crippen molar-refractivity contribution in [2.45, 2.75) is 58.5 Å². The molecule has 0 aliphatic carbocycles. The van der Waals surface area contributed by atoms with E-state index >= 15 is 0 Å². The Labute approximate surface area is 115 Å². The summed E-state index contributed by atoms with van der Waals surface area (Å²) in [6.07, 6.45) is -6.65. The molecule has 1 rings (SSSR count). The molecule has 0 spiro atoms. The quantitative estimate of drug-likeness (QED) is 0.552. The zero-order valence-electron chi connectivity index (χ0n) is 11.6. The summed E-state index contributed by atoms with van der Waals surface area (Å²) in [6.45, 7) is 4.81. The Bertz CT molecular complexity index is 369. The van der Waals surface area contributed by atoms with Crippen molar-refractivity contribution in [3.05, 3.63) is 0 Å². The van der Waals surface area contributed by atoms with E-state index in [1.165, 1.54) is 6.92 Å². The van der Waals surface area contributed by atoms with Gasteiger partial charge in [0.15, 0.2) is 18.3 Å². The summed E-state index contributed by atoms with van der Waals surface area (Å²) in [4.78, 5) is 33.2. The van der Waals surface area contributed by atoms with Gasteiger partial charge >= 0.3 is 17.9 Å². The van der Waals surface area contributed by atoms with Crippen LogP contribution >= 0.6 is 0 Å². The van der Waals surface area contributed by atoms with Gasteiger partial charge in [0.2, 0.25) is 6.36 Å². The van der Waals surface area contributed by atoms with E-state index in [1.807, 2.05) is 0 Å². The van der Waals surface area contributed by atoms with E-state index in [2.05, 4.69) is 0 Å². The lowest BCUT2D eigenvalue weighted by Crippen LogP contribution is -2.59. The third kappa shape index (κ3) is 4.16. The third-order valence-electron chi connectivity index (χ3n) is 2.62. The van der Waals surface area contributed by atoms with Crippen LogP contribution in [0, 0.1) is 0 Å². The fourth-order valence-electron chi connectivity index (χ4n) is 1.96. The number of carbonyl (C=O) groups is 3. The normalized spacial score (nSPS) is 33.1. The lowest BCUT2D eigenvalue weighted by Gasteiger charge is -2.40. The molecule has 0 saturated carbocycles. The molecule has 20 heavy (non-hydrogen) atoms. The van der Waals surface area contributed by atoms with Crippen LogP contribution in [0.3, 0.4) is 0 Å². The second-order valence-electron chi connectivity index (χ2n) is 4.41. The van der Waals surface area contributed by atoms with Gasteiger partial charge in [-0.15, -0.1) is 0 Å². The molecular formula is C12H17FO7. The number of hydrogen-bond donors (Lipinski definition) is 0. The molecule has 0 unspecified atom stereocenters. The minimum atomic E-state index is -1.98. The predicted octanol–water partition coefficient (Wildman–Crippen LogP) is 0.496. The number of esters is 3. The van der Waals surface area contributed by atoms with Crippen LogP contribution in [0.5, 0.6) is 0 Å². The van der Waals surface area contributed by atoms with Gasteiger partial charge < -0.3 is 18.9 Å². The molecule has 8 heteroatoms. The molecular weight excluding hydrogens is 275 g/mol. The van der Waals surface area contributed by atoms with Crippen LogP contribution in [-0.4, -0.2) is 48.7 Å². The highest BCUT2D eigenvalue weighted by atomic mass is 19.1. The Morgan fingerprint density at radius 1 is 0.850 bits per heavy atom. The maximum atomic E-state index is 13.8. The average molecular weight is 292 g/mol. The molecule has 0 radical (unpaired) electrons. The van der Waals surface area contributed by atoms with Gasteiger partial charge in [-0.05, 0) is 6.92 Å². The minimum Gasteiger partial charge on any atom is -0.456 e. The fraction of sp³-hybridized carbons (Fsp3) is 0.750. The molecule has 0 amide bonds. The van der Waals surface area contributed by atoms with Gasteiger partial charge in [0, 0.05) is 20.8 Å². The van der Waals surface area contributed by atoms with Crippen LogP contribution in [-0.2, 0) is 33.3 Å². The van der Waals surface area contributed by atoms with E-state index in [-0.39, 0.29) is 0 Å². The van der Waals surface area contributed by atoms with Gasteiger partial charge in [-0.25, -0.2) is 4.39 Å². The van der Waals surface area contributed by atoms with Crippen molar-refractivity contribution >= 4 is 17.9 Å². The van der Waals surface area contributed by atoms with E-state index in [4.69, 9.17) is 18.9 Å². The molecule has 0 bridgehead atoms. The minimum absolute atomic E-state index is 0.651. The van der Waals surface area contributed by atoms with Gasteiger partial charge in [0.05, 0.1) is 6.10 Å². The fourth-order valence-corrected chi connectivity index (χ4v) is 1.96. The summed E-state index contributed by atoms with van der Waals surface area (Å²) in [5, 5.41) is 0. The smallest absolute Gasteiger partial charge is 0.303 e. The van der Waals surface area contributed by atoms with Crippen LogP contribution in [0.25, 0.3) is 0 Å². The molecule has 1 heterocycles. The molecule has 1 aliphatic rings. The Balaban J connectivity index is 3.01. The van der Waals surface area contributed by atoms with Gasteiger partial charge in [-0.1, -0.05) is 0 Å². The number of ether oxygens (including phenoxy) is 4. The molecule has 1 aliphatic heterocycles. The van der Waals surface area contributed by atoms with E-state index in [9.17, 15) is 18.8 Å². The van der Waals surface area contributed by atoms with Gasteiger partial charge in [-0.3, -0.25) is 14.4 Å². The topological polar surface area (TPSA) is 88.1 Å². The van der Waals surface area contributed by atoms with Crippen molar-refractivity contribution in [2.75, 3.05) is 0 Å². The first kappa shape index (κ1) is 16.4. The van der Waals surface area contributed by atoms with Gasteiger partial charge in [-0.2, -0.15) is 0 Å². The largest absolute Gasteiger partial charge is 0.456 e. The highest BCUT2D eigenvalue weighted by Crippen LogP contribution is 2.29. The summed E-state index contributed by atoms with van der Waals surface area (Å²) < 4.78 is 33.4. The number of halogens is 1. The second-order valence-corrected chi connectivity index (χ2v) is 4.41. The molecule has 1 saturated heterocycles. The van der Waals surface area contributed by atoms with Crippen molar-refractivity contribution in [1.29, 1.82) is 0 Å². The Kier molecular flexibility index (Phi) is 5.43. The number of hydrogen-bond acceptors (Lipinski definition) is 7. The number of carbonyl (C=O) groups excluding carboxylic acids is 3. The molecule has 1 fully saturated rings. The Morgan fingerprint density at radius 2 is 1.25 bits per heavy atom. The zero-order valence-corrected chi connectivity index (χ0v) is 11.6. The van der Waals surface area contributed by atoms with Crippen molar-refractivity contribution in [2.24, 2.45) is 0 Å². The summed E-state index contributed by atoms with van der Waals surface area (Å²) in [7, 11) is 0. The maximum Gasteiger partial charge on any atom is 0.303 e. The van der Waals surface area contributed by atoms with Crippen molar-refractivity contribution in [3.63, 3.8) is 0 Å². The summed E-state index contributed by atoms with van der Waals surface area (Å²) in [5.41, 5.74) is 0. The number of rotatable bonds is 3. The van der Waals surface area contributed by atoms with Crippen molar-refractivity contribution < 1.29 is 37.7 Å². The molecule has 7 nitrogen and oxygen atoms in total. The maximum absolute atomic E-state index is 13.8. The third-order valence-corrected chi connectivity index (χ3v) is 2.62. The van der Waals surface area contributed by atoms with E-state index in [1.54, 1.807) is 0 Å². The van der Waals surface area contributed by atoms with E-state index in [0.717, 1.165) is 20.8 Å². The summed E-state index contributed by atoms with van der Waals surface area (Å²) >= 11 is 0. The van der Waals surface area contributed by atoms with Crippen LogP contribution in [0.4, 0.5) is 4.39 Å². The Hall–Kier alpha value is -1.70. The lowest BCUT2D eigenvalue weighted by molar-refractivity contribution is -0.268. The Morgan fingerprint density at radius 3 is 1.70 bits per heavy atom. The van der Waals surface area contributed by atoms with Crippen LogP contribution in [0.15, 0.2) is 0 Å². The lowest BCUT2D eigenvalue weighted by atomic mass is 9.99. The van der Waals surface area contributed by atoms with Crippen molar-refractivity contribution in [3.8, 4) is 0 Å². The number of alkyl halides is 1. The molecule has 114 valence electrons. The highest BCUT2D eigenvalue weighted by Gasteiger charge is 2.50. The van der Waals surface area contributed by atoms with Crippen LogP contribution in [0.2, 0.25) is 0 Å². The molecule has 5 atom stereocenters. The highest BCUT2D eigenvalue weighted by molar-refractivity contribution is 5.68. The summed E-state index contributed by atoms with van der Waals surface area (Å²) in [5.74, 6) is -2.14. The van der Waals surface area contributed by atoms with Crippen molar-refractivity contribution in [1.82, 2.24) is 0 Å². The van der Waals surface area contributed by atoms with Crippen LogP contribution < -0.4 is 0 Å². The van der Waals surface area contributed by atoms with Crippen LogP contribution in [0.1, 0.15) is 27.7 Å². The van der Waals surface area contributed by atoms with E-state index in [0.29, 0.717) is 0 Å². The molecule has 0 aromatic rings. The first-order chi connectivity index (χ1) is 9.22. The first-order valence-electron chi connectivity index (χ1n) is 6.03. The van der Waals surface area contributed by atoms with E-state index < -0.39 is 48.7 Å².